The minimum absolute atomic E-state index is 0.0628. The molecule has 1 aliphatic rings. The average molecular weight is 352 g/mol. The highest BCUT2D eigenvalue weighted by molar-refractivity contribution is 6.31. The molecule has 1 unspecified atom stereocenters. The van der Waals surface area contributed by atoms with Crippen LogP contribution in [-0.4, -0.2) is 45.4 Å². The Balaban J connectivity index is 1.60. The number of aromatic nitrogens is 3. The number of rotatable bonds is 5. The molecule has 24 heavy (non-hydrogen) atoms. The van der Waals surface area contributed by atoms with Gasteiger partial charge >= 0.3 is 0 Å². The van der Waals surface area contributed by atoms with Crippen molar-refractivity contribution in [1.29, 1.82) is 0 Å². The lowest BCUT2D eigenvalue weighted by Crippen LogP contribution is -2.42. The van der Waals surface area contributed by atoms with Gasteiger partial charge in [-0.1, -0.05) is 16.8 Å². The number of amides is 1. The standard InChI is InChI=1S/C16H19ClFN5O/c17-13-8-11(3-4-14(13)18)15-10-23(21-20-15)7-6-22-5-1-2-12(9-22)16(19)24/h3-4,8,10,12H,1-2,5-7,9H2,(H2,19,24). The average Bonchev–Trinajstić information content (AvgIpc) is 3.05. The summed E-state index contributed by atoms with van der Waals surface area (Å²) in [4.78, 5) is 13.5. The van der Waals surface area contributed by atoms with Crippen LogP contribution in [-0.2, 0) is 11.3 Å². The van der Waals surface area contributed by atoms with Gasteiger partial charge < -0.3 is 10.6 Å². The summed E-state index contributed by atoms with van der Waals surface area (Å²) in [5.41, 5.74) is 6.76. The summed E-state index contributed by atoms with van der Waals surface area (Å²) < 4.78 is 15.0. The predicted octanol–water partition coefficient (Wildman–Crippen LogP) is 1.93. The molecular formula is C16H19ClFN5O. The van der Waals surface area contributed by atoms with Crippen LogP contribution in [0.3, 0.4) is 0 Å². The third kappa shape index (κ3) is 3.91. The summed E-state index contributed by atoms with van der Waals surface area (Å²) in [6.07, 6.45) is 3.65. The molecule has 0 saturated carbocycles. The maximum atomic E-state index is 13.2. The molecule has 0 spiro atoms. The SMILES string of the molecule is NC(=O)C1CCCN(CCn2cc(-c3ccc(F)c(Cl)c3)nn2)C1. The fraction of sp³-hybridized carbons (Fsp3) is 0.438. The first-order chi connectivity index (χ1) is 11.5. The zero-order chi connectivity index (χ0) is 17.1. The number of likely N-dealkylation sites (tertiary alicyclic amines) is 1. The highest BCUT2D eigenvalue weighted by Crippen LogP contribution is 2.23. The number of benzene rings is 1. The van der Waals surface area contributed by atoms with Crippen molar-refractivity contribution in [3.05, 3.63) is 35.2 Å². The number of nitrogens with two attached hydrogens (primary N) is 1. The Labute approximate surface area is 144 Å². The van der Waals surface area contributed by atoms with E-state index in [9.17, 15) is 9.18 Å². The molecule has 1 aromatic heterocycles. The Kier molecular flexibility index (Phi) is 5.11. The van der Waals surface area contributed by atoms with Gasteiger partial charge in [0.15, 0.2) is 0 Å². The van der Waals surface area contributed by atoms with Gasteiger partial charge in [0.2, 0.25) is 5.91 Å². The molecule has 128 valence electrons. The van der Waals surface area contributed by atoms with Crippen LogP contribution in [0.1, 0.15) is 12.8 Å². The second-order valence-corrected chi connectivity index (χ2v) is 6.45. The maximum absolute atomic E-state index is 13.2. The quantitative estimate of drug-likeness (QED) is 0.893. The largest absolute Gasteiger partial charge is 0.369 e. The number of hydrogen-bond acceptors (Lipinski definition) is 4. The van der Waals surface area contributed by atoms with E-state index in [-0.39, 0.29) is 16.8 Å². The Morgan fingerprint density at radius 2 is 2.25 bits per heavy atom. The third-order valence-electron chi connectivity index (χ3n) is 4.31. The molecule has 1 aliphatic heterocycles. The number of carbonyl (C=O) groups excluding carboxylic acids is 1. The van der Waals surface area contributed by atoms with E-state index in [0.717, 1.165) is 31.5 Å². The highest BCUT2D eigenvalue weighted by Gasteiger charge is 2.23. The minimum atomic E-state index is -0.457. The van der Waals surface area contributed by atoms with Crippen molar-refractivity contribution in [3.8, 4) is 11.3 Å². The molecule has 0 aliphatic carbocycles. The van der Waals surface area contributed by atoms with Crippen molar-refractivity contribution in [1.82, 2.24) is 19.9 Å². The molecule has 0 radical (unpaired) electrons. The summed E-state index contributed by atoms with van der Waals surface area (Å²) in [6.45, 7) is 3.09. The monoisotopic (exact) mass is 351 g/mol. The van der Waals surface area contributed by atoms with Crippen LogP contribution in [0.25, 0.3) is 11.3 Å². The smallest absolute Gasteiger partial charge is 0.221 e. The number of primary amides is 1. The van der Waals surface area contributed by atoms with E-state index in [1.807, 2.05) is 0 Å². The Hall–Kier alpha value is -1.99. The molecule has 0 bridgehead atoms. The Morgan fingerprint density at radius 3 is 3.00 bits per heavy atom. The molecule has 1 saturated heterocycles. The van der Waals surface area contributed by atoms with Crippen molar-refractivity contribution in [2.45, 2.75) is 19.4 Å². The van der Waals surface area contributed by atoms with Gasteiger partial charge in [0, 0.05) is 18.7 Å². The maximum Gasteiger partial charge on any atom is 0.221 e. The van der Waals surface area contributed by atoms with E-state index in [0.29, 0.717) is 18.8 Å². The van der Waals surface area contributed by atoms with Gasteiger partial charge in [-0.25, -0.2) is 4.39 Å². The van der Waals surface area contributed by atoms with Gasteiger partial charge in [-0.05, 0) is 37.6 Å². The zero-order valence-electron chi connectivity index (χ0n) is 13.2. The molecule has 3 rings (SSSR count). The van der Waals surface area contributed by atoms with Crippen molar-refractivity contribution in [2.24, 2.45) is 11.7 Å². The van der Waals surface area contributed by atoms with Crippen LogP contribution in [0.15, 0.2) is 24.4 Å². The first kappa shape index (κ1) is 16.9. The van der Waals surface area contributed by atoms with E-state index in [4.69, 9.17) is 17.3 Å². The van der Waals surface area contributed by atoms with Gasteiger partial charge in [-0.3, -0.25) is 9.48 Å². The van der Waals surface area contributed by atoms with E-state index >= 15 is 0 Å². The summed E-state index contributed by atoms with van der Waals surface area (Å²) in [5, 5.41) is 8.26. The molecule has 2 N–H and O–H groups in total. The van der Waals surface area contributed by atoms with Gasteiger partial charge in [0.25, 0.3) is 0 Å². The van der Waals surface area contributed by atoms with Gasteiger partial charge in [-0.2, -0.15) is 0 Å². The predicted molar refractivity (Wildman–Crippen MR) is 88.8 cm³/mol. The first-order valence-electron chi connectivity index (χ1n) is 7.90. The first-order valence-corrected chi connectivity index (χ1v) is 8.28. The van der Waals surface area contributed by atoms with E-state index in [2.05, 4.69) is 15.2 Å². The fourth-order valence-electron chi connectivity index (χ4n) is 2.93. The van der Waals surface area contributed by atoms with Gasteiger partial charge in [0.05, 0.1) is 23.7 Å². The molecule has 1 amide bonds. The number of piperidine rings is 1. The summed E-state index contributed by atoms with van der Waals surface area (Å²) >= 11 is 5.80. The lowest BCUT2D eigenvalue weighted by molar-refractivity contribution is -0.123. The Morgan fingerprint density at radius 1 is 1.42 bits per heavy atom. The van der Waals surface area contributed by atoms with Crippen LogP contribution in [0, 0.1) is 11.7 Å². The molecule has 8 heteroatoms. The van der Waals surface area contributed by atoms with Crippen molar-refractivity contribution >= 4 is 17.5 Å². The van der Waals surface area contributed by atoms with Crippen LogP contribution in [0.5, 0.6) is 0 Å². The second kappa shape index (κ2) is 7.27. The summed E-state index contributed by atoms with van der Waals surface area (Å²) in [6, 6.07) is 4.47. The number of carbonyl (C=O) groups is 1. The molecule has 6 nitrogen and oxygen atoms in total. The second-order valence-electron chi connectivity index (χ2n) is 6.04. The van der Waals surface area contributed by atoms with Crippen LogP contribution < -0.4 is 5.73 Å². The van der Waals surface area contributed by atoms with Crippen LogP contribution in [0.2, 0.25) is 5.02 Å². The highest BCUT2D eigenvalue weighted by atomic mass is 35.5. The molecule has 1 atom stereocenters. The molecule has 2 heterocycles. The molecule has 2 aromatic rings. The summed E-state index contributed by atoms with van der Waals surface area (Å²) in [7, 11) is 0. The van der Waals surface area contributed by atoms with Gasteiger partial charge in [-0.15, -0.1) is 5.10 Å². The van der Waals surface area contributed by atoms with Gasteiger partial charge in [0.1, 0.15) is 11.5 Å². The molecule has 1 aromatic carbocycles. The van der Waals surface area contributed by atoms with Crippen LogP contribution >= 0.6 is 11.6 Å². The molecule has 1 fully saturated rings. The van der Waals surface area contributed by atoms with Crippen molar-refractivity contribution in [3.63, 3.8) is 0 Å². The zero-order valence-corrected chi connectivity index (χ0v) is 13.9. The van der Waals surface area contributed by atoms with Crippen molar-refractivity contribution < 1.29 is 9.18 Å². The summed E-state index contributed by atoms with van der Waals surface area (Å²) in [5.74, 6) is -0.746. The van der Waals surface area contributed by atoms with Crippen molar-refractivity contribution in [2.75, 3.05) is 19.6 Å². The fourth-order valence-corrected chi connectivity index (χ4v) is 3.11. The lowest BCUT2D eigenvalue weighted by atomic mass is 9.97. The Bertz CT molecular complexity index is 735. The van der Waals surface area contributed by atoms with E-state index in [1.165, 1.54) is 12.1 Å². The van der Waals surface area contributed by atoms with E-state index < -0.39 is 5.82 Å². The lowest BCUT2D eigenvalue weighted by Gasteiger charge is -2.30. The minimum Gasteiger partial charge on any atom is -0.369 e. The number of nitrogens with zero attached hydrogens (tertiary/aromatic N) is 4. The molecular weight excluding hydrogens is 333 g/mol. The third-order valence-corrected chi connectivity index (χ3v) is 4.60. The van der Waals surface area contributed by atoms with E-state index in [1.54, 1.807) is 16.9 Å². The number of hydrogen-bond donors (Lipinski definition) is 1. The normalized spacial score (nSPS) is 18.7. The topological polar surface area (TPSA) is 77.0 Å². The van der Waals surface area contributed by atoms with Crippen LogP contribution in [0.4, 0.5) is 4.39 Å². The number of halogens is 2.